The fourth-order valence-electron chi connectivity index (χ4n) is 1.74. The molecule has 0 bridgehead atoms. The predicted molar refractivity (Wildman–Crippen MR) is 68.9 cm³/mol. The Morgan fingerprint density at radius 1 is 1.29 bits per heavy atom. The third kappa shape index (κ3) is 2.73. The van der Waals surface area contributed by atoms with E-state index in [2.05, 4.69) is 15.2 Å². The molecule has 0 saturated carbocycles. The van der Waals surface area contributed by atoms with Crippen LogP contribution < -0.4 is 5.76 Å². The first kappa shape index (κ1) is 13.2. The zero-order valence-electron chi connectivity index (χ0n) is 11.1. The van der Waals surface area contributed by atoms with Gasteiger partial charge in [-0.05, 0) is 24.3 Å². The maximum atomic E-state index is 12.9. The first-order valence-electron chi connectivity index (χ1n) is 6.31. The maximum Gasteiger partial charge on any atom is 0.437 e. The predicted octanol–water partition coefficient (Wildman–Crippen LogP) is 1.64. The van der Waals surface area contributed by atoms with Gasteiger partial charge in [0.25, 0.3) is 0 Å². The highest BCUT2D eigenvalue weighted by Gasteiger charge is 2.13. The molecule has 21 heavy (non-hydrogen) atoms. The van der Waals surface area contributed by atoms with Gasteiger partial charge < -0.3 is 8.94 Å². The smallest absolute Gasteiger partial charge is 0.388 e. The normalized spacial score (nSPS) is 11.0. The Labute approximate surface area is 118 Å². The molecule has 1 aromatic carbocycles. The van der Waals surface area contributed by atoms with E-state index in [0.717, 1.165) is 4.68 Å². The van der Waals surface area contributed by atoms with E-state index >= 15 is 0 Å². The monoisotopic (exact) mass is 290 g/mol. The minimum atomic E-state index is -0.648. The number of aromatic nitrogens is 4. The fourth-order valence-corrected chi connectivity index (χ4v) is 1.74. The summed E-state index contributed by atoms with van der Waals surface area (Å²) >= 11 is 0. The molecule has 0 atom stereocenters. The summed E-state index contributed by atoms with van der Waals surface area (Å²) in [6.45, 7) is 1.92. The summed E-state index contributed by atoms with van der Waals surface area (Å²) in [4.78, 5) is 15.8. The molecule has 0 aliphatic heterocycles. The van der Waals surface area contributed by atoms with Crippen LogP contribution in [-0.2, 0) is 13.0 Å². The van der Waals surface area contributed by atoms with Crippen LogP contribution in [0.1, 0.15) is 18.6 Å². The van der Waals surface area contributed by atoms with Crippen molar-refractivity contribution in [3.8, 4) is 11.5 Å². The van der Waals surface area contributed by atoms with E-state index < -0.39 is 5.76 Å². The lowest BCUT2D eigenvalue weighted by Gasteiger charge is -1.93. The van der Waals surface area contributed by atoms with Crippen molar-refractivity contribution >= 4 is 0 Å². The van der Waals surface area contributed by atoms with Gasteiger partial charge in [0, 0.05) is 12.0 Å². The minimum Gasteiger partial charge on any atom is -0.388 e. The fraction of sp³-hybridized carbons (Fsp3) is 0.231. The van der Waals surface area contributed by atoms with Gasteiger partial charge in [0.2, 0.25) is 11.8 Å². The molecule has 108 valence electrons. The third-order valence-corrected chi connectivity index (χ3v) is 2.81. The molecular formula is C13H11FN4O3. The van der Waals surface area contributed by atoms with Gasteiger partial charge >= 0.3 is 5.76 Å². The summed E-state index contributed by atoms with van der Waals surface area (Å²) in [7, 11) is 0. The largest absolute Gasteiger partial charge is 0.437 e. The van der Waals surface area contributed by atoms with E-state index in [1.165, 1.54) is 24.3 Å². The van der Waals surface area contributed by atoms with E-state index in [9.17, 15) is 9.18 Å². The van der Waals surface area contributed by atoms with Crippen molar-refractivity contribution in [2.75, 3.05) is 0 Å². The molecule has 2 heterocycles. The molecule has 0 saturated heterocycles. The summed E-state index contributed by atoms with van der Waals surface area (Å²) < 4.78 is 24.0. The molecule has 0 aliphatic carbocycles. The number of aryl methyl sites for hydroxylation is 1. The summed E-state index contributed by atoms with van der Waals surface area (Å²) in [5, 5.41) is 7.76. The number of hydrogen-bond donors (Lipinski definition) is 0. The zero-order chi connectivity index (χ0) is 14.8. The van der Waals surface area contributed by atoms with E-state index in [4.69, 9.17) is 8.94 Å². The van der Waals surface area contributed by atoms with Gasteiger partial charge in [-0.2, -0.15) is 9.67 Å². The van der Waals surface area contributed by atoms with Crippen LogP contribution >= 0.6 is 0 Å². The maximum absolute atomic E-state index is 12.9. The van der Waals surface area contributed by atoms with Crippen molar-refractivity contribution in [1.29, 1.82) is 0 Å². The third-order valence-electron chi connectivity index (χ3n) is 2.81. The highest BCUT2D eigenvalue weighted by atomic mass is 19.1. The lowest BCUT2D eigenvalue weighted by Crippen LogP contribution is -2.16. The van der Waals surface area contributed by atoms with Crippen LogP contribution in [0.15, 0.2) is 38.0 Å². The van der Waals surface area contributed by atoms with Crippen molar-refractivity contribution in [3.05, 3.63) is 52.3 Å². The zero-order valence-corrected chi connectivity index (χ0v) is 11.1. The van der Waals surface area contributed by atoms with Crippen LogP contribution in [0, 0.1) is 5.82 Å². The standard InChI is InChI=1S/C13H11FN4O3/c1-2-10-15-11(21-17-10)7-18-13(19)20-12(16-18)8-3-5-9(14)6-4-8/h3-6H,2,7H2,1H3. The van der Waals surface area contributed by atoms with Crippen LogP contribution in [0.3, 0.4) is 0 Å². The van der Waals surface area contributed by atoms with Crippen LogP contribution in [0.4, 0.5) is 4.39 Å². The molecule has 0 aliphatic rings. The first-order valence-corrected chi connectivity index (χ1v) is 6.31. The summed E-state index contributed by atoms with van der Waals surface area (Å²) in [5.41, 5.74) is 0.507. The van der Waals surface area contributed by atoms with Crippen LogP contribution in [-0.4, -0.2) is 19.9 Å². The molecular weight excluding hydrogens is 279 g/mol. The Balaban J connectivity index is 1.87. The Hall–Kier alpha value is -2.77. The first-order chi connectivity index (χ1) is 10.2. The molecule has 0 amide bonds. The number of halogens is 1. The molecule has 3 aromatic rings. The van der Waals surface area contributed by atoms with Crippen molar-refractivity contribution in [3.63, 3.8) is 0 Å². The van der Waals surface area contributed by atoms with Gasteiger partial charge in [-0.3, -0.25) is 0 Å². The summed E-state index contributed by atoms with van der Waals surface area (Å²) in [6, 6.07) is 5.49. The number of hydrogen-bond acceptors (Lipinski definition) is 6. The molecule has 0 fully saturated rings. The van der Waals surface area contributed by atoms with Crippen molar-refractivity contribution in [2.45, 2.75) is 19.9 Å². The van der Waals surface area contributed by atoms with Gasteiger partial charge in [-0.25, -0.2) is 9.18 Å². The number of nitrogens with zero attached hydrogens (tertiary/aromatic N) is 4. The summed E-state index contributed by atoms with van der Waals surface area (Å²) in [6.07, 6.45) is 0.637. The minimum absolute atomic E-state index is 0.0243. The molecule has 8 heteroatoms. The van der Waals surface area contributed by atoms with Crippen molar-refractivity contribution in [2.24, 2.45) is 0 Å². The second kappa shape index (κ2) is 5.31. The molecule has 0 N–H and O–H groups in total. The molecule has 2 aromatic heterocycles. The molecule has 0 radical (unpaired) electrons. The average molecular weight is 290 g/mol. The van der Waals surface area contributed by atoms with Gasteiger partial charge in [-0.1, -0.05) is 12.1 Å². The Morgan fingerprint density at radius 3 is 2.71 bits per heavy atom. The molecule has 3 rings (SSSR count). The summed E-state index contributed by atoms with van der Waals surface area (Å²) in [5.74, 6) is -0.0903. The average Bonchev–Trinajstić information content (AvgIpc) is 3.08. The van der Waals surface area contributed by atoms with Gasteiger partial charge in [-0.15, -0.1) is 5.10 Å². The Morgan fingerprint density at radius 2 is 2.05 bits per heavy atom. The van der Waals surface area contributed by atoms with E-state index in [1.807, 2.05) is 6.92 Å². The molecule has 0 unspecified atom stereocenters. The van der Waals surface area contributed by atoms with Gasteiger partial charge in [0.1, 0.15) is 12.4 Å². The SMILES string of the molecule is CCc1noc(Cn2nc(-c3ccc(F)cc3)oc2=O)n1. The van der Waals surface area contributed by atoms with E-state index in [0.29, 0.717) is 17.8 Å². The van der Waals surface area contributed by atoms with Crippen molar-refractivity contribution in [1.82, 2.24) is 19.9 Å². The second-order valence-corrected chi connectivity index (χ2v) is 4.30. The van der Waals surface area contributed by atoms with E-state index in [1.54, 1.807) is 0 Å². The van der Waals surface area contributed by atoms with E-state index in [-0.39, 0.29) is 24.1 Å². The Kier molecular flexibility index (Phi) is 3.35. The van der Waals surface area contributed by atoms with Crippen LogP contribution in [0.5, 0.6) is 0 Å². The lowest BCUT2D eigenvalue weighted by atomic mass is 10.2. The quantitative estimate of drug-likeness (QED) is 0.726. The van der Waals surface area contributed by atoms with Gasteiger partial charge in [0.05, 0.1) is 0 Å². The van der Waals surface area contributed by atoms with Crippen LogP contribution in [0.2, 0.25) is 0 Å². The topological polar surface area (TPSA) is 87.0 Å². The van der Waals surface area contributed by atoms with Crippen LogP contribution in [0.25, 0.3) is 11.5 Å². The molecule has 0 spiro atoms. The van der Waals surface area contributed by atoms with Crippen molar-refractivity contribution < 1.29 is 13.3 Å². The highest BCUT2D eigenvalue weighted by Crippen LogP contribution is 2.15. The number of benzene rings is 1. The Bertz CT molecular complexity index is 803. The lowest BCUT2D eigenvalue weighted by molar-refractivity contribution is 0.356. The second-order valence-electron chi connectivity index (χ2n) is 4.30. The van der Waals surface area contributed by atoms with Gasteiger partial charge in [0.15, 0.2) is 5.82 Å². The molecule has 7 nitrogen and oxygen atoms in total. The number of rotatable bonds is 4. The highest BCUT2D eigenvalue weighted by molar-refractivity contribution is 5.51.